The highest BCUT2D eigenvalue weighted by Gasteiger charge is 2.34. The molecule has 0 aromatic heterocycles. The van der Waals surface area contributed by atoms with Gasteiger partial charge in [0.1, 0.15) is 0 Å². The summed E-state index contributed by atoms with van der Waals surface area (Å²) in [7, 11) is 0. The first kappa shape index (κ1) is 13.0. The van der Waals surface area contributed by atoms with Crippen molar-refractivity contribution < 1.29 is 0 Å². The van der Waals surface area contributed by atoms with Gasteiger partial charge in [-0.15, -0.1) is 0 Å². The summed E-state index contributed by atoms with van der Waals surface area (Å²) >= 11 is 0. The van der Waals surface area contributed by atoms with Gasteiger partial charge in [0, 0.05) is 24.3 Å². The van der Waals surface area contributed by atoms with E-state index in [1.54, 1.807) is 0 Å². The zero-order valence-corrected chi connectivity index (χ0v) is 12.2. The fraction of sp³-hybridized carbons (Fsp3) is 0.647. The van der Waals surface area contributed by atoms with E-state index in [0.717, 1.165) is 12.5 Å². The van der Waals surface area contributed by atoms with Crippen LogP contribution in [0.2, 0.25) is 0 Å². The number of hydrogen-bond acceptors (Lipinski definition) is 2. The van der Waals surface area contributed by atoms with Crippen LogP contribution in [0.3, 0.4) is 0 Å². The number of aryl methyl sites for hydroxylation is 1. The van der Waals surface area contributed by atoms with Gasteiger partial charge in [0.25, 0.3) is 0 Å². The third kappa shape index (κ3) is 2.79. The highest BCUT2D eigenvalue weighted by atomic mass is 15.2. The number of nitrogens with one attached hydrogen (secondary N) is 1. The van der Waals surface area contributed by atoms with Gasteiger partial charge < -0.3 is 10.2 Å². The first-order valence-corrected chi connectivity index (χ1v) is 7.87. The van der Waals surface area contributed by atoms with Crippen molar-refractivity contribution in [2.45, 2.75) is 51.6 Å². The molecule has 2 heteroatoms. The molecule has 1 aromatic carbocycles. The maximum absolute atomic E-state index is 3.70. The molecule has 1 aromatic rings. The van der Waals surface area contributed by atoms with E-state index in [2.05, 4.69) is 48.3 Å². The highest BCUT2D eigenvalue weighted by Crippen LogP contribution is 2.36. The molecule has 1 fully saturated rings. The first-order valence-electron chi connectivity index (χ1n) is 7.87. The molecular formula is C17H26N2. The van der Waals surface area contributed by atoms with Crippen molar-refractivity contribution in [1.29, 1.82) is 0 Å². The Kier molecular flexibility index (Phi) is 3.79. The molecule has 0 radical (unpaired) electrons. The summed E-state index contributed by atoms with van der Waals surface area (Å²) in [6.07, 6.45) is 5.37. The van der Waals surface area contributed by atoms with Gasteiger partial charge in [0.15, 0.2) is 0 Å². The zero-order chi connectivity index (χ0) is 13.2. The fourth-order valence-corrected chi connectivity index (χ4v) is 3.39. The van der Waals surface area contributed by atoms with Gasteiger partial charge in [0.2, 0.25) is 0 Å². The first-order chi connectivity index (χ1) is 9.29. The van der Waals surface area contributed by atoms with Crippen LogP contribution in [0.4, 0.5) is 5.69 Å². The second-order valence-electron chi connectivity index (χ2n) is 6.17. The Morgan fingerprint density at radius 3 is 2.79 bits per heavy atom. The average Bonchev–Trinajstić information content (AvgIpc) is 3.25. The number of rotatable bonds is 5. The largest absolute Gasteiger partial charge is 0.367 e. The molecule has 1 heterocycles. The third-order valence-corrected chi connectivity index (χ3v) is 4.72. The van der Waals surface area contributed by atoms with Crippen molar-refractivity contribution >= 4 is 5.69 Å². The summed E-state index contributed by atoms with van der Waals surface area (Å²) in [5, 5.41) is 3.70. The quantitative estimate of drug-likeness (QED) is 0.872. The molecule has 19 heavy (non-hydrogen) atoms. The minimum Gasteiger partial charge on any atom is -0.367 e. The van der Waals surface area contributed by atoms with E-state index in [-0.39, 0.29) is 0 Å². The maximum atomic E-state index is 3.70. The van der Waals surface area contributed by atoms with E-state index in [1.807, 2.05) is 0 Å². The number of nitrogens with zero attached hydrogens (tertiary/aromatic N) is 1. The molecule has 104 valence electrons. The van der Waals surface area contributed by atoms with Crippen molar-refractivity contribution in [3.8, 4) is 0 Å². The normalized spacial score (nSPS) is 24.1. The van der Waals surface area contributed by atoms with Gasteiger partial charge in [0.05, 0.1) is 0 Å². The lowest BCUT2D eigenvalue weighted by molar-refractivity contribution is 0.438. The average molecular weight is 258 g/mol. The molecule has 2 nitrogen and oxygen atoms in total. The lowest BCUT2D eigenvalue weighted by Gasteiger charge is -2.39. The van der Waals surface area contributed by atoms with Gasteiger partial charge in [-0.25, -0.2) is 0 Å². The summed E-state index contributed by atoms with van der Waals surface area (Å²) in [6.45, 7) is 6.87. The second kappa shape index (κ2) is 5.54. The van der Waals surface area contributed by atoms with Crippen LogP contribution in [0.1, 0.15) is 38.7 Å². The van der Waals surface area contributed by atoms with E-state index < -0.39 is 0 Å². The van der Waals surface area contributed by atoms with Crippen LogP contribution in [0.25, 0.3) is 0 Å². The number of para-hydroxylation sites is 1. The van der Waals surface area contributed by atoms with Gasteiger partial charge in [-0.2, -0.15) is 0 Å². The summed E-state index contributed by atoms with van der Waals surface area (Å²) in [4.78, 5) is 2.64. The Hall–Kier alpha value is -1.02. The molecule has 1 N–H and O–H groups in total. The van der Waals surface area contributed by atoms with Crippen molar-refractivity contribution in [3.63, 3.8) is 0 Å². The molecule has 0 spiro atoms. The van der Waals surface area contributed by atoms with Gasteiger partial charge in [-0.1, -0.05) is 25.1 Å². The Morgan fingerprint density at radius 2 is 2.05 bits per heavy atom. The van der Waals surface area contributed by atoms with Crippen LogP contribution < -0.4 is 10.2 Å². The van der Waals surface area contributed by atoms with E-state index in [4.69, 9.17) is 0 Å². The molecule has 0 bridgehead atoms. The molecule has 1 aliphatic carbocycles. The number of anilines is 1. The smallest absolute Gasteiger partial charge is 0.0401 e. The van der Waals surface area contributed by atoms with Gasteiger partial charge in [-0.3, -0.25) is 0 Å². The highest BCUT2D eigenvalue weighted by molar-refractivity contribution is 5.56. The number of benzene rings is 1. The minimum atomic E-state index is 0.676. The molecule has 2 aliphatic rings. The van der Waals surface area contributed by atoms with Crippen molar-refractivity contribution in [3.05, 3.63) is 29.8 Å². The molecule has 2 unspecified atom stereocenters. The van der Waals surface area contributed by atoms with Crippen LogP contribution in [0.5, 0.6) is 0 Å². The van der Waals surface area contributed by atoms with Crippen LogP contribution in [-0.4, -0.2) is 25.2 Å². The summed E-state index contributed by atoms with van der Waals surface area (Å²) in [6, 6.07) is 10.3. The Labute approximate surface area is 117 Å². The molecule has 2 atom stereocenters. The molecule has 1 aliphatic heterocycles. The number of hydrogen-bond donors (Lipinski definition) is 1. The molecule has 1 saturated carbocycles. The lowest BCUT2D eigenvalue weighted by atomic mass is 9.95. The topological polar surface area (TPSA) is 15.3 Å². The van der Waals surface area contributed by atoms with Crippen LogP contribution in [-0.2, 0) is 6.42 Å². The van der Waals surface area contributed by atoms with Crippen LogP contribution in [0, 0.1) is 5.92 Å². The predicted molar refractivity (Wildman–Crippen MR) is 81.8 cm³/mol. The fourth-order valence-electron chi connectivity index (χ4n) is 3.39. The molecule has 0 amide bonds. The maximum Gasteiger partial charge on any atom is 0.0401 e. The molecule has 3 rings (SSSR count). The molecular weight excluding hydrogens is 232 g/mol. The summed E-state index contributed by atoms with van der Waals surface area (Å²) in [5.41, 5.74) is 3.01. The van der Waals surface area contributed by atoms with Crippen molar-refractivity contribution in [2.24, 2.45) is 5.92 Å². The van der Waals surface area contributed by atoms with E-state index >= 15 is 0 Å². The third-order valence-electron chi connectivity index (χ3n) is 4.72. The minimum absolute atomic E-state index is 0.676. The van der Waals surface area contributed by atoms with Crippen molar-refractivity contribution in [2.75, 3.05) is 18.0 Å². The van der Waals surface area contributed by atoms with E-state index in [9.17, 15) is 0 Å². The second-order valence-corrected chi connectivity index (χ2v) is 6.17. The van der Waals surface area contributed by atoms with Gasteiger partial charge in [-0.05, 0) is 56.7 Å². The predicted octanol–water partition coefficient (Wildman–Crippen LogP) is 3.22. The van der Waals surface area contributed by atoms with Crippen LogP contribution in [0.15, 0.2) is 24.3 Å². The van der Waals surface area contributed by atoms with Crippen LogP contribution >= 0.6 is 0 Å². The monoisotopic (exact) mass is 258 g/mol. The Balaban J connectivity index is 1.78. The van der Waals surface area contributed by atoms with E-state index in [0.29, 0.717) is 12.1 Å². The number of likely N-dealkylation sites (N-methyl/N-ethyl adjacent to an activating group) is 1. The van der Waals surface area contributed by atoms with Crippen molar-refractivity contribution in [1.82, 2.24) is 5.32 Å². The number of fused-ring (bicyclic) bond motifs is 1. The molecule has 0 saturated heterocycles. The summed E-state index contributed by atoms with van der Waals surface area (Å²) < 4.78 is 0. The SMILES string of the molecule is CCNC(CN1c2ccccc2CCC1C)C1CC1. The Morgan fingerprint density at radius 1 is 1.26 bits per heavy atom. The lowest BCUT2D eigenvalue weighted by Crippen LogP contribution is -2.47. The summed E-state index contributed by atoms with van der Waals surface area (Å²) in [5.74, 6) is 0.918. The zero-order valence-electron chi connectivity index (χ0n) is 12.2. The van der Waals surface area contributed by atoms with Gasteiger partial charge >= 0.3 is 0 Å². The standard InChI is InChI=1S/C17H26N2/c1-3-18-16(14-10-11-14)12-19-13(2)8-9-15-6-4-5-7-17(15)19/h4-7,13-14,16,18H,3,8-12H2,1-2H3. The van der Waals surface area contributed by atoms with E-state index in [1.165, 1.54) is 43.5 Å². The Bertz CT molecular complexity index is 425.